The summed E-state index contributed by atoms with van der Waals surface area (Å²) in [4.78, 5) is 16.5. The Morgan fingerprint density at radius 3 is 2.29 bits per heavy atom. The molecule has 0 atom stereocenters. The van der Waals surface area contributed by atoms with Crippen molar-refractivity contribution < 1.29 is 4.79 Å². The smallest absolute Gasteiger partial charge is 0.253 e. The number of nitrogens with zero attached hydrogens (tertiary/aromatic N) is 2. The molecule has 0 radical (unpaired) electrons. The van der Waals surface area contributed by atoms with Crippen molar-refractivity contribution in [1.82, 2.24) is 9.80 Å². The van der Waals surface area contributed by atoms with Crippen LogP contribution in [0.4, 0.5) is 0 Å². The van der Waals surface area contributed by atoms with Crippen molar-refractivity contribution in [3.63, 3.8) is 0 Å². The summed E-state index contributed by atoms with van der Waals surface area (Å²) in [6, 6.07) is 5.96. The van der Waals surface area contributed by atoms with E-state index in [2.05, 4.69) is 25.8 Å². The largest absolute Gasteiger partial charge is 0.336 e. The number of amides is 1. The first kappa shape index (κ1) is 12.1. The van der Waals surface area contributed by atoms with E-state index in [1.165, 1.54) is 11.1 Å². The Kier molecular flexibility index (Phi) is 3.48. The quantitative estimate of drug-likeness (QED) is 0.735. The molecule has 1 saturated heterocycles. The molecular weight excluding hydrogens is 212 g/mol. The van der Waals surface area contributed by atoms with Crippen molar-refractivity contribution in [3.05, 3.63) is 34.9 Å². The van der Waals surface area contributed by atoms with Crippen molar-refractivity contribution in [3.8, 4) is 0 Å². The van der Waals surface area contributed by atoms with Gasteiger partial charge in [0, 0.05) is 31.7 Å². The van der Waals surface area contributed by atoms with Gasteiger partial charge in [-0.3, -0.25) is 4.79 Å². The molecule has 0 N–H and O–H groups in total. The molecule has 3 heteroatoms. The van der Waals surface area contributed by atoms with Crippen LogP contribution in [0.5, 0.6) is 0 Å². The zero-order valence-corrected chi connectivity index (χ0v) is 10.9. The Bertz CT molecular complexity index is 420. The fourth-order valence-corrected chi connectivity index (χ4v) is 2.07. The minimum absolute atomic E-state index is 0.168. The summed E-state index contributed by atoms with van der Waals surface area (Å²) in [5.74, 6) is 0.168. The van der Waals surface area contributed by atoms with Crippen LogP contribution in [0, 0.1) is 13.8 Å². The van der Waals surface area contributed by atoms with Gasteiger partial charge in [-0.25, -0.2) is 0 Å². The lowest BCUT2D eigenvalue weighted by Crippen LogP contribution is -2.47. The van der Waals surface area contributed by atoms with Gasteiger partial charge in [0.05, 0.1) is 0 Å². The average Bonchev–Trinajstić information content (AvgIpc) is 2.33. The van der Waals surface area contributed by atoms with Crippen LogP contribution in [0.3, 0.4) is 0 Å². The second kappa shape index (κ2) is 4.88. The van der Waals surface area contributed by atoms with E-state index in [-0.39, 0.29) is 5.91 Å². The maximum absolute atomic E-state index is 12.3. The van der Waals surface area contributed by atoms with Crippen molar-refractivity contribution in [2.24, 2.45) is 0 Å². The van der Waals surface area contributed by atoms with Crippen molar-refractivity contribution >= 4 is 5.91 Å². The number of aryl methyl sites for hydroxylation is 2. The predicted molar refractivity (Wildman–Crippen MR) is 69.3 cm³/mol. The van der Waals surface area contributed by atoms with E-state index in [1.807, 2.05) is 23.1 Å². The van der Waals surface area contributed by atoms with Crippen LogP contribution in [0.2, 0.25) is 0 Å². The number of hydrogen-bond acceptors (Lipinski definition) is 2. The first-order valence-corrected chi connectivity index (χ1v) is 6.13. The molecule has 0 aromatic heterocycles. The molecule has 0 saturated carbocycles. The molecule has 92 valence electrons. The zero-order valence-electron chi connectivity index (χ0n) is 10.9. The van der Waals surface area contributed by atoms with Crippen LogP contribution in [-0.4, -0.2) is 48.9 Å². The minimum atomic E-state index is 0.168. The van der Waals surface area contributed by atoms with Gasteiger partial charge >= 0.3 is 0 Å². The monoisotopic (exact) mass is 232 g/mol. The highest BCUT2D eigenvalue weighted by molar-refractivity contribution is 5.94. The average molecular weight is 232 g/mol. The molecule has 1 fully saturated rings. The maximum atomic E-state index is 12.3. The molecule has 1 aliphatic rings. The molecule has 0 aliphatic carbocycles. The molecule has 1 aromatic rings. The minimum Gasteiger partial charge on any atom is -0.336 e. The number of benzene rings is 1. The molecule has 17 heavy (non-hydrogen) atoms. The molecule has 0 unspecified atom stereocenters. The number of carbonyl (C=O) groups is 1. The molecule has 0 spiro atoms. The third-order valence-corrected chi connectivity index (χ3v) is 3.54. The fraction of sp³-hybridized carbons (Fsp3) is 0.500. The van der Waals surface area contributed by atoms with E-state index in [9.17, 15) is 4.79 Å². The van der Waals surface area contributed by atoms with Crippen LogP contribution in [0.25, 0.3) is 0 Å². The van der Waals surface area contributed by atoms with Gasteiger partial charge in [-0.15, -0.1) is 0 Å². The first-order chi connectivity index (χ1) is 8.08. The maximum Gasteiger partial charge on any atom is 0.253 e. The van der Waals surface area contributed by atoms with Crippen LogP contribution in [-0.2, 0) is 0 Å². The molecule has 1 amide bonds. The van der Waals surface area contributed by atoms with Gasteiger partial charge < -0.3 is 9.80 Å². The second-order valence-corrected chi connectivity index (χ2v) is 4.89. The molecule has 1 aromatic carbocycles. The molecule has 1 heterocycles. The normalized spacial score (nSPS) is 17.2. The second-order valence-electron chi connectivity index (χ2n) is 4.89. The lowest BCUT2D eigenvalue weighted by atomic mass is 10.1. The Labute approximate surface area is 103 Å². The summed E-state index contributed by atoms with van der Waals surface area (Å²) in [5, 5.41) is 0. The fourth-order valence-electron chi connectivity index (χ4n) is 2.07. The van der Waals surface area contributed by atoms with Crippen molar-refractivity contribution in [2.75, 3.05) is 33.2 Å². The van der Waals surface area contributed by atoms with Crippen LogP contribution >= 0.6 is 0 Å². The third kappa shape index (κ3) is 2.67. The predicted octanol–water partition coefficient (Wildman–Crippen LogP) is 1.69. The summed E-state index contributed by atoms with van der Waals surface area (Å²) in [6.45, 7) is 7.73. The number of carbonyl (C=O) groups excluding carboxylic acids is 1. The highest BCUT2D eigenvalue weighted by Crippen LogP contribution is 2.13. The van der Waals surface area contributed by atoms with Crippen LogP contribution in [0.15, 0.2) is 18.2 Å². The van der Waals surface area contributed by atoms with E-state index in [4.69, 9.17) is 0 Å². The summed E-state index contributed by atoms with van der Waals surface area (Å²) >= 11 is 0. The highest BCUT2D eigenvalue weighted by atomic mass is 16.2. The lowest BCUT2D eigenvalue weighted by molar-refractivity contribution is 0.0664. The number of hydrogen-bond donors (Lipinski definition) is 0. The van der Waals surface area contributed by atoms with Gasteiger partial charge in [-0.1, -0.05) is 6.07 Å². The van der Waals surface area contributed by atoms with Gasteiger partial charge in [-0.2, -0.15) is 0 Å². The van der Waals surface area contributed by atoms with E-state index < -0.39 is 0 Å². The summed E-state index contributed by atoms with van der Waals surface area (Å²) in [7, 11) is 2.10. The SMILES string of the molecule is Cc1ccc(C(=O)N2CCN(C)CC2)cc1C. The zero-order chi connectivity index (χ0) is 12.4. The van der Waals surface area contributed by atoms with Gasteiger partial charge in [0.25, 0.3) is 5.91 Å². The molecule has 2 rings (SSSR count). The third-order valence-electron chi connectivity index (χ3n) is 3.54. The standard InChI is InChI=1S/C14H20N2O/c1-11-4-5-13(10-12(11)2)14(17)16-8-6-15(3)7-9-16/h4-5,10H,6-9H2,1-3H3. The van der Waals surface area contributed by atoms with E-state index in [0.717, 1.165) is 31.7 Å². The molecule has 0 bridgehead atoms. The lowest BCUT2D eigenvalue weighted by Gasteiger charge is -2.32. The van der Waals surface area contributed by atoms with E-state index in [1.54, 1.807) is 0 Å². The molecule has 3 nitrogen and oxygen atoms in total. The molecule has 1 aliphatic heterocycles. The Morgan fingerprint density at radius 2 is 1.71 bits per heavy atom. The van der Waals surface area contributed by atoms with Crippen LogP contribution < -0.4 is 0 Å². The first-order valence-electron chi connectivity index (χ1n) is 6.13. The van der Waals surface area contributed by atoms with Crippen LogP contribution in [0.1, 0.15) is 21.5 Å². The van der Waals surface area contributed by atoms with Crippen molar-refractivity contribution in [2.45, 2.75) is 13.8 Å². The van der Waals surface area contributed by atoms with Gasteiger partial charge in [0.2, 0.25) is 0 Å². The topological polar surface area (TPSA) is 23.6 Å². The molecular formula is C14H20N2O. The van der Waals surface area contributed by atoms with E-state index in [0.29, 0.717) is 0 Å². The Morgan fingerprint density at radius 1 is 1.06 bits per heavy atom. The number of piperazine rings is 1. The Hall–Kier alpha value is -1.35. The highest BCUT2D eigenvalue weighted by Gasteiger charge is 2.20. The number of likely N-dealkylation sites (N-methyl/N-ethyl adjacent to an activating group) is 1. The van der Waals surface area contributed by atoms with Gasteiger partial charge in [0.15, 0.2) is 0 Å². The van der Waals surface area contributed by atoms with Gasteiger partial charge in [0.1, 0.15) is 0 Å². The van der Waals surface area contributed by atoms with E-state index >= 15 is 0 Å². The summed E-state index contributed by atoms with van der Waals surface area (Å²) in [6.07, 6.45) is 0. The van der Waals surface area contributed by atoms with Gasteiger partial charge in [-0.05, 0) is 44.2 Å². The Balaban J connectivity index is 2.11. The van der Waals surface area contributed by atoms with Crippen molar-refractivity contribution in [1.29, 1.82) is 0 Å². The summed E-state index contributed by atoms with van der Waals surface area (Å²) < 4.78 is 0. The summed E-state index contributed by atoms with van der Waals surface area (Å²) in [5.41, 5.74) is 3.24. The number of rotatable bonds is 1.